The first-order valence-electron chi connectivity index (χ1n) is 7.16. The van der Waals surface area contributed by atoms with Crippen molar-refractivity contribution in [3.05, 3.63) is 36.0 Å². The van der Waals surface area contributed by atoms with Crippen molar-refractivity contribution in [3.63, 3.8) is 0 Å². The Kier molecular flexibility index (Phi) is 3.85. The van der Waals surface area contributed by atoms with E-state index in [2.05, 4.69) is 40.3 Å². The van der Waals surface area contributed by atoms with Gasteiger partial charge in [0.1, 0.15) is 0 Å². The SMILES string of the molecule is COCCN1CCC[C@@H]1Cc1c[nH]c2ccccc12. The Hall–Kier alpha value is -1.32. The van der Waals surface area contributed by atoms with E-state index in [1.54, 1.807) is 7.11 Å². The van der Waals surface area contributed by atoms with Gasteiger partial charge in [-0.25, -0.2) is 0 Å². The van der Waals surface area contributed by atoms with E-state index in [9.17, 15) is 0 Å². The molecule has 0 aliphatic carbocycles. The molecule has 0 spiro atoms. The van der Waals surface area contributed by atoms with Crippen molar-refractivity contribution in [2.75, 3.05) is 26.8 Å². The fraction of sp³-hybridized carbons (Fsp3) is 0.500. The van der Waals surface area contributed by atoms with Crippen LogP contribution in [0.15, 0.2) is 30.5 Å². The molecule has 2 heterocycles. The first kappa shape index (κ1) is 12.7. The van der Waals surface area contributed by atoms with E-state index >= 15 is 0 Å². The maximum atomic E-state index is 5.21. The number of methoxy groups -OCH3 is 1. The van der Waals surface area contributed by atoms with Gasteiger partial charge in [-0.2, -0.15) is 0 Å². The fourth-order valence-corrected chi connectivity index (χ4v) is 3.18. The molecule has 1 aromatic heterocycles. The zero-order chi connectivity index (χ0) is 13.1. The average Bonchev–Trinajstić information content (AvgIpc) is 3.05. The van der Waals surface area contributed by atoms with Crippen LogP contribution in [0.3, 0.4) is 0 Å². The highest BCUT2D eigenvalue weighted by Crippen LogP contribution is 2.25. The minimum absolute atomic E-state index is 0.675. The smallest absolute Gasteiger partial charge is 0.0589 e. The summed E-state index contributed by atoms with van der Waals surface area (Å²) in [6, 6.07) is 9.25. The Balaban J connectivity index is 1.73. The lowest BCUT2D eigenvalue weighted by Gasteiger charge is -2.23. The molecule has 1 aliphatic heterocycles. The molecule has 0 amide bonds. The van der Waals surface area contributed by atoms with Crippen molar-refractivity contribution < 1.29 is 4.74 Å². The van der Waals surface area contributed by atoms with Crippen molar-refractivity contribution in [2.45, 2.75) is 25.3 Å². The molecular formula is C16H22N2O. The zero-order valence-electron chi connectivity index (χ0n) is 11.6. The summed E-state index contributed by atoms with van der Waals surface area (Å²) in [7, 11) is 1.78. The largest absolute Gasteiger partial charge is 0.383 e. The average molecular weight is 258 g/mol. The van der Waals surface area contributed by atoms with Gasteiger partial charge in [0, 0.05) is 36.8 Å². The number of para-hydroxylation sites is 1. The molecule has 102 valence electrons. The molecule has 3 rings (SSSR count). The predicted molar refractivity (Wildman–Crippen MR) is 78.5 cm³/mol. The number of benzene rings is 1. The maximum absolute atomic E-state index is 5.21. The Morgan fingerprint density at radius 1 is 1.37 bits per heavy atom. The molecular weight excluding hydrogens is 236 g/mol. The van der Waals surface area contributed by atoms with Gasteiger partial charge in [-0.15, -0.1) is 0 Å². The number of likely N-dealkylation sites (tertiary alicyclic amines) is 1. The number of nitrogens with zero attached hydrogens (tertiary/aromatic N) is 1. The van der Waals surface area contributed by atoms with Crippen LogP contribution >= 0.6 is 0 Å². The van der Waals surface area contributed by atoms with Gasteiger partial charge in [0.2, 0.25) is 0 Å². The summed E-state index contributed by atoms with van der Waals surface area (Å²) in [6.45, 7) is 3.12. The van der Waals surface area contributed by atoms with Gasteiger partial charge in [-0.3, -0.25) is 4.90 Å². The summed E-state index contributed by atoms with van der Waals surface area (Å²) < 4.78 is 5.21. The molecule has 3 heteroatoms. The van der Waals surface area contributed by atoms with Gasteiger partial charge in [-0.05, 0) is 37.4 Å². The van der Waals surface area contributed by atoms with E-state index in [0.717, 1.165) is 19.6 Å². The lowest BCUT2D eigenvalue weighted by molar-refractivity contribution is 0.141. The molecule has 0 bridgehead atoms. The van der Waals surface area contributed by atoms with Gasteiger partial charge in [0.05, 0.1) is 6.61 Å². The second-order valence-corrected chi connectivity index (χ2v) is 5.39. The van der Waals surface area contributed by atoms with E-state index in [0.29, 0.717) is 6.04 Å². The fourth-order valence-electron chi connectivity index (χ4n) is 3.18. The molecule has 0 radical (unpaired) electrons. The monoisotopic (exact) mass is 258 g/mol. The van der Waals surface area contributed by atoms with Crippen LogP contribution < -0.4 is 0 Å². The normalized spacial score (nSPS) is 20.4. The van der Waals surface area contributed by atoms with E-state index in [-0.39, 0.29) is 0 Å². The Bertz CT molecular complexity index is 534. The number of aromatic amines is 1. The molecule has 1 fully saturated rings. The van der Waals surface area contributed by atoms with Crippen molar-refractivity contribution >= 4 is 10.9 Å². The van der Waals surface area contributed by atoms with Crippen LogP contribution in [0.1, 0.15) is 18.4 Å². The maximum Gasteiger partial charge on any atom is 0.0589 e. The molecule has 1 aliphatic rings. The first-order valence-corrected chi connectivity index (χ1v) is 7.16. The Labute approximate surface area is 114 Å². The number of nitrogens with one attached hydrogen (secondary N) is 1. The van der Waals surface area contributed by atoms with Crippen LogP contribution in [0, 0.1) is 0 Å². The summed E-state index contributed by atoms with van der Waals surface area (Å²) in [5, 5.41) is 1.38. The van der Waals surface area contributed by atoms with Gasteiger partial charge < -0.3 is 9.72 Å². The van der Waals surface area contributed by atoms with Crippen LogP contribution in [0.2, 0.25) is 0 Å². The third kappa shape index (κ3) is 2.67. The van der Waals surface area contributed by atoms with Crippen LogP contribution in [-0.2, 0) is 11.2 Å². The molecule has 0 unspecified atom stereocenters. The lowest BCUT2D eigenvalue weighted by atomic mass is 10.0. The number of ether oxygens (including phenoxy) is 1. The van der Waals surface area contributed by atoms with Gasteiger partial charge in [0.25, 0.3) is 0 Å². The van der Waals surface area contributed by atoms with Crippen LogP contribution in [0.25, 0.3) is 10.9 Å². The van der Waals surface area contributed by atoms with Gasteiger partial charge in [-0.1, -0.05) is 18.2 Å². The van der Waals surface area contributed by atoms with Crippen LogP contribution in [0.4, 0.5) is 0 Å². The molecule has 1 N–H and O–H groups in total. The second-order valence-electron chi connectivity index (χ2n) is 5.39. The lowest BCUT2D eigenvalue weighted by Crippen LogP contribution is -2.33. The topological polar surface area (TPSA) is 28.3 Å². The van der Waals surface area contributed by atoms with E-state index in [1.807, 2.05) is 0 Å². The highest BCUT2D eigenvalue weighted by molar-refractivity contribution is 5.83. The van der Waals surface area contributed by atoms with E-state index in [1.165, 1.54) is 35.9 Å². The molecule has 1 aromatic carbocycles. The summed E-state index contributed by atoms with van der Waals surface area (Å²) >= 11 is 0. The van der Waals surface area contributed by atoms with Gasteiger partial charge in [0.15, 0.2) is 0 Å². The quantitative estimate of drug-likeness (QED) is 0.893. The predicted octanol–water partition coefficient (Wildman–Crippen LogP) is 2.82. The van der Waals surface area contributed by atoms with Crippen molar-refractivity contribution in [3.8, 4) is 0 Å². The number of fused-ring (bicyclic) bond motifs is 1. The standard InChI is InChI=1S/C16H22N2O/c1-19-10-9-18-8-4-5-14(18)11-13-12-17-16-7-3-2-6-15(13)16/h2-3,6-7,12,14,17H,4-5,8-11H2,1H3/t14-/m1/s1. The second kappa shape index (κ2) is 5.76. The highest BCUT2D eigenvalue weighted by Gasteiger charge is 2.24. The Morgan fingerprint density at radius 2 is 2.26 bits per heavy atom. The highest BCUT2D eigenvalue weighted by atomic mass is 16.5. The van der Waals surface area contributed by atoms with Gasteiger partial charge >= 0.3 is 0 Å². The Morgan fingerprint density at radius 3 is 3.16 bits per heavy atom. The molecule has 1 atom stereocenters. The minimum atomic E-state index is 0.675. The van der Waals surface area contributed by atoms with E-state index in [4.69, 9.17) is 4.74 Å². The third-order valence-corrected chi connectivity index (χ3v) is 4.21. The van der Waals surface area contributed by atoms with Crippen LogP contribution in [0.5, 0.6) is 0 Å². The molecule has 0 saturated carbocycles. The van der Waals surface area contributed by atoms with Crippen molar-refractivity contribution in [2.24, 2.45) is 0 Å². The summed E-state index contributed by atoms with van der Waals surface area (Å²) in [5.74, 6) is 0. The first-order chi connectivity index (χ1) is 9.38. The minimum Gasteiger partial charge on any atom is -0.383 e. The number of rotatable bonds is 5. The molecule has 1 saturated heterocycles. The number of hydrogen-bond acceptors (Lipinski definition) is 2. The summed E-state index contributed by atoms with van der Waals surface area (Å²) in [5.41, 5.74) is 2.70. The molecule has 19 heavy (non-hydrogen) atoms. The molecule has 2 aromatic rings. The summed E-state index contributed by atoms with van der Waals surface area (Å²) in [6.07, 6.45) is 5.95. The number of aromatic nitrogens is 1. The van der Waals surface area contributed by atoms with Crippen molar-refractivity contribution in [1.82, 2.24) is 9.88 Å². The summed E-state index contributed by atoms with van der Waals surface area (Å²) in [4.78, 5) is 5.95. The number of hydrogen-bond donors (Lipinski definition) is 1. The van der Waals surface area contributed by atoms with Crippen LogP contribution in [-0.4, -0.2) is 42.7 Å². The zero-order valence-corrected chi connectivity index (χ0v) is 11.6. The molecule has 3 nitrogen and oxygen atoms in total. The van der Waals surface area contributed by atoms with E-state index < -0.39 is 0 Å². The number of H-pyrrole nitrogens is 1. The van der Waals surface area contributed by atoms with Crippen molar-refractivity contribution in [1.29, 1.82) is 0 Å². The third-order valence-electron chi connectivity index (χ3n) is 4.21.